The number of carbonyl (C=O) groups excluding carboxylic acids is 1. The summed E-state index contributed by atoms with van der Waals surface area (Å²) in [6, 6.07) is 6.19. The van der Waals surface area contributed by atoms with Gasteiger partial charge in [0.05, 0.1) is 11.4 Å². The zero-order valence-corrected chi connectivity index (χ0v) is 13.4. The van der Waals surface area contributed by atoms with E-state index in [1.807, 2.05) is 19.1 Å². The number of amides is 1. The van der Waals surface area contributed by atoms with Crippen LogP contribution in [0.1, 0.15) is 50.4 Å². The van der Waals surface area contributed by atoms with Gasteiger partial charge in [-0.15, -0.1) is 0 Å². The molecule has 1 amide bonds. The highest BCUT2D eigenvalue weighted by atomic mass is 16.1. The first-order chi connectivity index (χ1) is 10.0. The molecule has 0 aromatic heterocycles. The zero-order chi connectivity index (χ0) is 15.4. The standard InChI is InChI=1S/C17H27N3O/c1-4-19-17(21)13-5-8-15(18)16(11-13)20(14-6-7-14)10-9-12(2)3/h5,8,11-12,14H,4,6-7,9-10,18H2,1-3H3,(H,19,21). The zero-order valence-electron chi connectivity index (χ0n) is 13.4. The molecule has 0 spiro atoms. The van der Waals surface area contributed by atoms with Gasteiger partial charge in [-0.1, -0.05) is 13.8 Å². The number of hydrogen-bond acceptors (Lipinski definition) is 3. The molecule has 0 unspecified atom stereocenters. The lowest BCUT2D eigenvalue weighted by molar-refractivity contribution is 0.0956. The van der Waals surface area contributed by atoms with Crippen molar-refractivity contribution in [1.82, 2.24) is 5.32 Å². The lowest BCUT2D eigenvalue weighted by atomic mass is 10.1. The summed E-state index contributed by atoms with van der Waals surface area (Å²) in [4.78, 5) is 14.4. The first-order valence-electron chi connectivity index (χ1n) is 7.97. The summed E-state index contributed by atoms with van der Waals surface area (Å²) in [5.74, 6) is 0.636. The second-order valence-electron chi connectivity index (χ2n) is 6.24. The van der Waals surface area contributed by atoms with Crippen molar-refractivity contribution in [2.24, 2.45) is 5.92 Å². The third-order valence-electron chi connectivity index (χ3n) is 3.87. The Morgan fingerprint density at radius 1 is 1.43 bits per heavy atom. The van der Waals surface area contributed by atoms with E-state index in [0.29, 0.717) is 24.1 Å². The first-order valence-corrected chi connectivity index (χ1v) is 7.97. The summed E-state index contributed by atoms with van der Waals surface area (Å²) in [5.41, 5.74) is 8.63. The van der Waals surface area contributed by atoms with Gasteiger partial charge in [0.2, 0.25) is 0 Å². The van der Waals surface area contributed by atoms with E-state index < -0.39 is 0 Å². The third kappa shape index (κ3) is 4.13. The van der Waals surface area contributed by atoms with Crippen molar-refractivity contribution in [2.75, 3.05) is 23.7 Å². The van der Waals surface area contributed by atoms with Crippen LogP contribution in [0.4, 0.5) is 11.4 Å². The van der Waals surface area contributed by atoms with Crippen LogP contribution >= 0.6 is 0 Å². The topological polar surface area (TPSA) is 58.4 Å². The van der Waals surface area contributed by atoms with Crippen molar-refractivity contribution < 1.29 is 4.79 Å². The minimum atomic E-state index is -0.0293. The molecule has 4 heteroatoms. The Morgan fingerprint density at radius 3 is 2.71 bits per heavy atom. The van der Waals surface area contributed by atoms with E-state index in [1.54, 1.807) is 6.07 Å². The highest BCUT2D eigenvalue weighted by molar-refractivity contribution is 5.96. The van der Waals surface area contributed by atoms with Gasteiger partial charge in [-0.3, -0.25) is 4.79 Å². The van der Waals surface area contributed by atoms with Crippen molar-refractivity contribution in [3.63, 3.8) is 0 Å². The van der Waals surface area contributed by atoms with Crippen molar-refractivity contribution in [3.05, 3.63) is 23.8 Å². The number of nitrogens with one attached hydrogen (secondary N) is 1. The Morgan fingerprint density at radius 2 is 2.14 bits per heavy atom. The quantitative estimate of drug-likeness (QED) is 0.759. The van der Waals surface area contributed by atoms with Gasteiger partial charge in [-0.25, -0.2) is 0 Å². The Labute approximate surface area is 127 Å². The number of rotatable bonds is 7. The predicted molar refractivity (Wildman–Crippen MR) is 88.7 cm³/mol. The van der Waals surface area contributed by atoms with Crippen LogP contribution in [0.3, 0.4) is 0 Å². The minimum absolute atomic E-state index is 0.0293. The van der Waals surface area contributed by atoms with Crippen molar-refractivity contribution in [2.45, 2.75) is 46.1 Å². The van der Waals surface area contributed by atoms with E-state index in [1.165, 1.54) is 12.8 Å². The van der Waals surface area contributed by atoms with E-state index >= 15 is 0 Å². The summed E-state index contributed by atoms with van der Waals surface area (Å²) < 4.78 is 0. The average molecular weight is 289 g/mol. The second-order valence-corrected chi connectivity index (χ2v) is 6.24. The van der Waals surface area contributed by atoms with Gasteiger partial charge in [0.15, 0.2) is 0 Å². The number of nitrogens with two attached hydrogens (primary N) is 1. The third-order valence-corrected chi connectivity index (χ3v) is 3.87. The van der Waals surface area contributed by atoms with Crippen LogP contribution in [0.15, 0.2) is 18.2 Å². The normalized spacial score (nSPS) is 14.3. The highest BCUT2D eigenvalue weighted by Crippen LogP contribution is 2.35. The van der Waals surface area contributed by atoms with Crippen molar-refractivity contribution in [3.8, 4) is 0 Å². The number of anilines is 2. The molecule has 3 N–H and O–H groups in total. The van der Waals surface area contributed by atoms with Gasteiger partial charge in [-0.2, -0.15) is 0 Å². The van der Waals surface area contributed by atoms with Gasteiger partial charge in [0, 0.05) is 24.7 Å². The molecule has 21 heavy (non-hydrogen) atoms. The molecule has 1 aliphatic rings. The Kier molecular flexibility index (Phi) is 5.10. The maximum absolute atomic E-state index is 12.0. The summed E-state index contributed by atoms with van der Waals surface area (Å²) in [5, 5.41) is 2.84. The second kappa shape index (κ2) is 6.83. The van der Waals surface area contributed by atoms with E-state index in [2.05, 4.69) is 24.1 Å². The molecule has 116 valence electrons. The van der Waals surface area contributed by atoms with Gasteiger partial charge >= 0.3 is 0 Å². The minimum Gasteiger partial charge on any atom is -0.397 e. The molecule has 1 fully saturated rings. The summed E-state index contributed by atoms with van der Waals surface area (Å²) >= 11 is 0. The highest BCUT2D eigenvalue weighted by Gasteiger charge is 2.30. The van der Waals surface area contributed by atoms with Crippen molar-refractivity contribution in [1.29, 1.82) is 0 Å². The van der Waals surface area contributed by atoms with E-state index in [0.717, 1.165) is 24.3 Å². The Balaban J connectivity index is 2.22. The van der Waals surface area contributed by atoms with Gasteiger partial charge in [0.25, 0.3) is 5.91 Å². The molecule has 1 aromatic carbocycles. The fourth-order valence-corrected chi connectivity index (χ4v) is 2.48. The van der Waals surface area contributed by atoms with Crippen LogP contribution in [-0.2, 0) is 0 Å². The molecule has 2 rings (SSSR count). The van der Waals surface area contributed by atoms with Crippen LogP contribution in [0.5, 0.6) is 0 Å². The maximum atomic E-state index is 12.0. The lowest BCUT2D eigenvalue weighted by Gasteiger charge is -2.27. The van der Waals surface area contributed by atoms with Crippen molar-refractivity contribution >= 4 is 17.3 Å². The monoisotopic (exact) mass is 289 g/mol. The lowest BCUT2D eigenvalue weighted by Crippen LogP contribution is -2.29. The van der Waals surface area contributed by atoms with Crippen LogP contribution < -0.4 is 16.0 Å². The molecule has 0 aliphatic heterocycles. The predicted octanol–water partition coefficient (Wildman–Crippen LogP) is 3.03. The van der Waals surface area contributed by atoms with E-state index in [9.17, 15) is 4.79 Å². The smallest absolute Gasteiger partial charge is 0.251 e. The van der Waals surface area contributed by atoms with Crippen LogP contribution in [0, 0.1) is 5.92 Å². The van der Waals surface area contributed by atoms with Gasteiger partial charge in [-0.05, 0) is 50.3 Å². The molecule has 4 nitrogen and oxygen atoms in total. The maximum Gasteiger partial charge on any atom is 0.251 e. The number of benzene rings is 1. The molecule has 0 saturated heterocycles. The molecule has 1 saturated carbocycles. The van der Waals surface area contributed by atoms with Crippen LogP contribution in [0.25, 0.3) is 0 Å². The van der Waals surface area contributed by atoms with Gasteiger partial charge < -0.3 is 16.0 Å². The molecule has 0 atom stereocenters. The summed E-state index contributed by atoms with van der Waals surface area (Å²) in [7, 11) is 0. The molecule has 1 aliphatic carbocycles. The number of carbonyl (C=O) groups is 1. The fraction of sp³-hybridized carbons (Fsp3) is 0.588. The van der Waals surface area contributed by atoms with Crippen LogP contribution in [0.2, 0.25) is 0 Å². The Bertz CT molecular complexity index is 495. The van der Waals surface area contributed by atoms with Crippen LogP contribution in [-0.4, -0.2) is 25.0 Å². The number of nitrogens with zero attached hydrogens (tertiary/aromatic N) is 1. The SMILES string of the molecule is CCNC(=O)c1ccc(N)c(N(CCC(C)C)C2CC2)c1. The summed E-state index contributed by atoms with van der Waals surface area (Å²) in [6.45, 7) is 8.04. The van der Waals surface area contributed by atoms with E-state index in [-0.39, 0.29) is 5.91 Å². The molecule has 0 heterocycles. The average Bonchev–Trinajstić information content (AvgIpc) is 3.25. The molecule has 0 bridgehead atoms. The number of hydrogen-bond donors (Lipinski definition) is 2. The Hall–Kier alpha value is -1.71. The van der Waals surface area contributed by atoms with E-state index in [4.69, 9.17) is 5.73 Å². The van der Waals surface area contributed by atoms with Gasteiger partial charge in [0.1, 0.15) is 0 Å². The molecule has 1 aromatic rings. The molecular formula is C17H27N3O. The summed E-state index contributed by atoms with van der Waals surface area (Å²) in [6.07, 6.45) is 3.59. The largest absolute Gasteiger partial charge is 0.397 e. The molecule has 0 radical (unpaired) electrons. The molecular weight excluding hydrogens is 262 g/mol. The first kappa shape index (κ1) is 15.7. The fourth-order valence-electron chi connectivity index (χ4n) is 2.48. The number of nitrogen functional groups attached to an aromatic ring is 1.